The number of alkyl halides is 3. The molecule has 1 aromatic heterocycles. The van der Waals surface area contributed by atoms with Crippen LogP contribution in [0, 0.1) is 0 Å². The van der Waals surface area contributed by atoms with Crippen LogP contribution in [0.4, 0.5) is 13.2 Å². The van der Waals surface area contributed by atoms with Gasteiger partial charge in [-0.1, -0.05) is 6.07 Å². The van der Waals surface area contributed by atoms with E-state index in [4.69, 9.17) is 14.0 Å². The number of rotatable bonds is 2. The van der Waals surface area contributed by atoms with Gasteiger partial charge in [0.05, 0.1) is 11.2 Å². The molecule has 0 unspecified atom stereocenters. The van der Waals surface area contributed by atoms with Crippen LogP contribution in [-0.4, -0.2) is 36.5 Å². The Bertz CT molecular complexity index is 627. The number of aromatic nitrogens is 1. The highest BCUT2D eigenvalue weighted by atomic mass is 19.4. The summed E-state index contributed by atoms with van der Waals surface area (Å²) in [4.78, 5) is 3.97. The number of hydrogen-bond donors (Lipinski definition) is 0. The smallest absolute Gasteiger partial charge is 0.399 e. The quantitative estimate of drug-likeness (QED) is 0.762. The molecule has 2 aliphatic heterocycles. The Kier molecular flexibility index (Phi) is 4.67. The van der Waals surface area contributed by atoms with Crippen molar-refractivity contribution < 1.29 is 27.2 Å². The van der Waals surface area contributed by atoms with E-state index >= 15 is 0 Å². The van der Waals surface area contributed by atoms with Crippen molar-refractivity contribution in [3.8, 4) is 0 Å². The number of halogens is 3. The molecular weight excluding hydrogens is 334 g/mol. The van der Waals surface area contributed by atoms with Gasteiger partial charge in [0.25, 0.3) is 0 Å². The third-order valence-electron chi connectivity index (χ3n) is 5.36. The third kappa shape index (κ3) is 3.57. The first-order valence-corrected chi connectivity index (χ1v) is 8.53. The van der Waals surface area contributed by atoms with Crippen LogP contribution in [0.3, 0.4) is 0 Å². The normalized spacial score (nSPS) is 23.9. The molecular formula is C17H23BF3NO3. The first-order chi connectivity index (χ1) is 11.5. The maximum Gasteiger partial charge on any atom is 0.497 e. The van der Waals surface area contributed by atoms with Crippen molar-refractivity contribution >= 4 is 12.6 Å². The van der Waals surface area contributed by atoms with Gasteiger partial charge in [-0.25, -0.2) is 4.98 Å². The fourth-order valence-corrected chi connectivity index (χ4v) is 3.09. The van der Waals surface area contributed by atoms with E-state index in [-0.39, 0.29) is 11.4 Å². The highest BCUT2D eigenvalue weighted by Gasteiger charge is 2.54. The Labute approximate surface area is 146 Å². The largest absolute Gasteiger partial charge is 0.497 e. The second-order valence-electron chi connectivity index (χ2n) is 7.65. The van der Waals surface area contributed by atoms with Crippen LogP contribution in [0.5, 0.6) is 0 Å². The fourth-order valence-electron chi connectivity index (χ4n) is 3.09. The molecule has 3 rings (SSSR count). The SMILES string of the molecule is CC1(C)OB(c2ccc(C3CCOCC3)nc2C(F)(F)F)OC1(C)C. The average Bonchev–Trinajstić information content (AvgIpc) is 2.75. The summed E-state index contributed by atoms with van der Waals surface area (Å²) in [6, 6.07) is 3.11. The summed E-state index contributed by atoms with van der Waals surface area (Å²) in [5, 5.41) is 0. The molecule has 0 bridgehead atoms. The molecule has 0 saturated carbocycles. The Morgan fingerprint density at radius 2 is 1.60 bits per heavy atom. The van der Waals surface area contributed by atoms with Crippen molar-refractivity contribution in [1.82, 2.24) is 4.98 Å². The lowest BCUT2D eigenvalue weighted by molar-refractivity contribution is -0.140. The molecule has 0 aliphatic carbocycles. The molecule has 3 heterocycles. The fraction of sp³-hybridized carbons (Fsp3) is 0.706. The lowest BCUT2D eigenvalue weighted by Gasteiger charge is -2.32. The molecule has 25 heavy (non-hydrogen) atoms. The van der Waals surface area contributed by atoms with Crippen molar-refractivity contribution in [2.45, 2.75) is 63.8 Å². The van der Waals surface area contributed by atoms with Crippen LogP contribution < -0.4 is 5.46 Å². The number of hydrogen-bond acceptors (Lipinski definition) is 4. The summed E-state index contributed by atoms with van der Waals surface area (Å²) in [6.07, 6.45) is -3.21. The number of pyridine rings is 1. The van der Waals surface area contributed by atoms with Crippen LogP contribution in [0.15, 0.2) is 12.1 Å². The highest BCUT2D eigenvalue weighted by Crippen LogP contribution is 2.38. The molecule has 138 valence electrons. The van der Waals surface area contributed by atoms with Crippen molar-refractivity contribution in [3.05, 3.63) is 23.5 Å². The molecule has 8 heteroatoms. The maximum absolute atomic E-state index is 13.6. The molecule has 2 saturated heterocycles. The van der Waals surface area contributed by atoms with Gasteiger partial charge in [0.1, 0.15) is 5.69 Å². The Balaban J connectivity index is 1.97. The molecule has 2 aliphatic rings. The highest BCUT2D eigenvalue weighted by molar-refractivity contribution is 6.62. The molecule has 4 nitrogen and oxygen atoms in total. The van der Waals surface area contributed by atoms with Crippen LogP contribution >= 0.6 is 0 Å². The van der Waals surface area contributed by atoms with Gasteiger partial charge < -0.3 is 14.0 Å². The third-order valence-corrected chi connectivity index (χ3v) is 5.36. The van der Waals surface area contributed by atoms with Gasteiger partial charge in [0, 0.05) is 30.3 Å². The molecule has 0 aromatic carbocycles. The zero-order valence-corrected chi connectivity index (χ0v) is 14.9. The predicted octanol–water partition coefficient (Wildman–Crippen LogP) is 3.29. The number of ether oxygens (including phenoxy) is 1. The van der Waals surface area contributed by atoms with E-state index in [1.165, 1.54) is 6.07 Å². The lowest BCUT2D eigenvalue weighted by atomic mass is 9.77. The van der Waals surface area contributed by atoms with Gasteiger partial charge in [-0.2, -0.15) is 13.2 Å². The molecule has 0 atom stereocenters. The summed E-state index contributed by atoms with van der Waals surface area (Å²) < 4.78 is 57.8. The topological polar surface area (TPSA) is 40.6 Å². The van der Waals surface area contributed by atoms with Crippen LogP contribution in [0.1, 0.15) is 57.8 Å². The summed E-state index contributed by atoms with van der Waals surface area (Å²) >= 11 is 0. The van der Waals surface area contributed by atoms with E-state index in [9.17, 15) is 13.2 Å². The summed E-state index contributed by atoms with van der Waals surface area (Å²) in [5.74, 6) is -0.0119. The van der Waals surface area contributed by atoms with Gasteiger partial charge in [0.15, 0.2) is 0 Å². The van der Waals surface area contributed by atoms with E-state index in [2.05, 4.69) is 4.98 Å². The van der Waals surface area contributed by atoms with Crippen molar-refractivity contribution in [3.63, 3.8) is 0 Å². The van der Waals surface area contributed by atoms with Crippen molar-refractivity contribution in [2.24, 2.45) is 0 Å². The lowest BCUT2D eigenvalue weighted by Crippen LogP contribution is -2.41. The van der Waals surface area contributed by atoms with Crippen LogP contribution in [0.2, 0.25) is 0 Å². The number of nitrogens with zero attached hydrogens (tertiary/aromatic N) is 1. The van der Waals surface area contributed by atoms with Crippen molar-refractivity contribution in [1.29, 1.82) is 0 Å². The van der Waals surface area contributed by atoms with Gasteiger partial charge in [0.2, 0.25) is 0 Å². The molecule has 2 fully saturated rings. The van der Waals surface area contributed by atoms with E-state index < -0.39 is 30.2 Å². The predicted molar refractivity (Wildman–Crippen MR) is 87.7 cm³/mol. The molecule has 0 spiro atoms. The van der Waals surface area contributed by atoms with Gasteiger partial charge >= 0.3 is 13.3 Å². The monoisotopic (exact) mass is 357 g/mol. The zero-order valence-electron chi connectivity index (χ0n) is 14.9. The minimum absolute atomic E-state index is 0.0119. The van der Waals surface area contributed by atoms with Gasteiger partial charge in [-0.15, -0.1) is 0 Å². The minimum atomic E-state index is -4.57. The first-order valence-electron chi connectivity index (χ1n) is 8.53. The van der Waals surface area contributed by atoms with E-state index in [0.717, 1.165) is 0 Å². The molecule has 1 aromatic rings. The Morgan fingerprint density at radius 1 is 1.04 bits per heavy atom. The van der Waals surface area contributed by atoms with Gasteiger partial charge in [-0.05, 0) is 46.6 Å². The van der Waals surface area contributed by atoms with Crippen LogP contribution in [0.25, 0.3) is 0 Å². The minimum Gasteiger partial charge on any atom is -0.399 e. The van der Waals surface area contributed by atoms with E-state index in [0.29, 0.717) is 31.7 Å². The van der Waals surface area contributed by atoms with E-state index in [1.807, 2.05) is 27.7 Å². The second kappa shape index (κ2) is 6.25. The molecule has 0 N–H and O–H groups in total. The average molecular weight is 357 g/mol. The van der Waals surface area contributed by atoms with Gasteiger partial charge in [-0.3, -0.25) is 0 Å². The Morgan fingerprint density at radius 3 is 2.12 bits per heavy atom. The summed E-state index contributed by atoms with van der Waals surface area (Å²) in [5.41, 5.74) is -1.95. The molecule has 0 amide bonds. The molecule has 0 radical (unpaired) electrons. The summed E-state index contributed by atoms with van der Waals surface area (Å²) in [7, 11) is -1.09. The first kappa shape index (κ1) is 18.7. The Hall–Kier alpha value is -1.12. The standard InChI is InChI=1S/C17H23BF3NO3/c1-15(2)16(3,4)25-18(24-15)12-5-6-13(11-7-9-23-10-8-11)22-14(12)17(19,20)21/h5-6,11H,7-10H2,1-4H3. The summed E-state index contributed by atoms with van der Waals surface area (Å²) in [6.45, 7) is 8.34. The van der Waals surface area contributed by atoms with Crippen molar-refractivity contribution in [2.75, 3.05) is 13.2 Å². The maximum atomic E-state index is 13.6. The van der Waals surface area contributed by atoms with E-state index in [1.54, 1.807) is 6.07 Å². The zero-order chi connectivity index (χ0) is 18.5. The van der Waals surface area contributed by atoms with Crippen LogP contribution in [-0.2, 0) is 20.2 Å². The second-order valence-corrected chi connectivity index (χ2v) is 7.65.